The number of pyridine rings is 1. The highest BCUT2D eigenvalue weighted by molar-refractivity contribution is 5.94. The van der Waals surface area contributed by atoms with E-state index in [-0.39, 0.29) is 5.56 Å². The van der Waals surface area contributed by atoms with Crippen LogP contribution in [0.2, 0.25) is 0 Å². The van der Waals surface area contributed by atoms with Gasteiger partial charge in [0, 0.05) is 16.7 Å². The van der Waals surface area contributed by atoms with Crippen molar-refractivity contribution in [2.75, 3.05) is 0 Å². The monoisotopic (exact) mass is 166 g/mol. The largest absolute Gasteiger partial charge is 0.287 e. The molecule has 0 aliphatic rings. The second-order valence-corrected chi connectivity index (χ2v) is 1.89. The zero-order chi connectivity index (χ0) is 8.97. The number of amides is 1. The SMILES string of the molecule is [N-]=[N+]=NC(=O)c1cncc(F)c1. The van der Waals surface area contributed by atoms with Gasteiger partial charge in [0.15, 0.2) is 0 Å². The van der Waals surface area contributed by atoms with Gasteiger partial charge in [0.2, 0.25) is 0 Å². The smallest absolute Gasteiger partial charge is 0.250 e. The molecule has 1 heterocycles. The molecule has 1 rings (SSSR count). The van der Waals surface area contributed by atoms with Gasteiger partial charge in [0.05, 0.1) is 6.20 Å². The standard InChI is InChI=1S/C6H3FN4O/c7-5-1-4(2-9-3-5)6(12)10-11-8/h1-3H. The molecule has 0 spiro atoms. The van der Waals surface area contributed by atoms with E-state index in [0.717, 1.165) is 18.5 Å². The van der Waals surface area contributed by atoms with Gasteiger partial charge in [-0.3, -0.25) is 9.78 Å². The van der Waals surface area contributed by atoms with Crippen molar-refractivity contribution in [1.29, 1.82) is 0 Å². The molecule has 0 unspecified atom stereocenters. The van der Waals surface area contributed by atoms with Crippen LogP contribution in [0.4, 0.5) is 4.39 Å². The normalized spacial score (nSPS) is 8.75. The minimum Gasteiger partial charge on any atom is -0.287 e. The summed E-state index contributed by atoms with van der Waals surface area (Å²) in [7, 11) is 0. The minimum atomic E-state index is -0.843. The van der Waals surface area contributed by atoms with Crippen LogP contribution in [-0.4, -0.2) is 10.9 Å². The first-order chi connectivity index (χ1) is 5.74. The summed E-state index contributed by atoms with van der Waals surface area (Å²) in [4.78, 5) is 16.4. The fourth-order valence-electron chi connectivity index (χ4n) is 0.627. The molecule has 0 bridgehead atoms. The van der Waals surface area contributed by atoms with Crippen molar-refractivity contribution in [2.24, 2.45) is 5.11 Å². The summed E-state index contributed by atoms with van der Waals surface area (Å²) >= 11 is 0. The Labute approximate surface area is 66.5 Å². The Morgan fingerprint density at radius 1 is 1.67 bits per heavy atom. The summed E-state index contributed by atoms with van der Waals surface area (Å²) in [5.74, 6) is -1.49. The maximum atomic E-state index is 12.4. The molecular formula is C6H3FN4O. The number of carbonyl (C=O) groups excluding carboxylic acids is 1. The van der Waals surface area contributed by atoms with Gasteiger partial charge in [-0.25, -0.2) is 4.39 Å². The Hall–Kier alpha value is -1.94. The molecule has 0 aromatic carbocycles. The number of carbonyl (C=O) groups is 1. The lowest BCUT2D eigenvalue weighted by Crippen LogP contribution is -1.94. The first-order valence-electron chi connectivity index (χ1n) is 2.94. The van der Waals surface area contributed by atoms with E-state index in [9.17, 15) is 9.18 Å². The molecule has 1 amide bonds. The summed E-state index contributed by atoms with van der Waals surface area (Å²) in [6.07, 6.45) is 2.08. The number of nitrogens with zero attached hydrogens (tertiary/aromatic N) is 4. The van der Waals surface area contributed by atoms with Crippen LogP contribution in [0.3, 0.4) is 0 Å². The molecule has 0 radical (unpaired) electrons. The van der Waals surface area contributed by atoms with E-state index in [4.69, 9.17) is 5.53 Å². The van der Waals surface area contributed by atoms with Crippen LogP contribution in [0, 0.1) is 5.82 Å². The predicted octanol–water partition coefficient (Wildman–Crippen LogP) is 1.67. The molecule has 0 atom stereocenters. The van der Waals surface area contributed by atoms with Crippen molar-refractivity contribution >= 4 is 5.91 Å². The van der Waals surface area contributed by atoms with Crippen molar-refractivity contribution < 1.29 is 9.18 Å². The van der Waals surface area contributed by atoms with Crippen LogP contribution in [0.5, 0.6) is 0 Å². The number of aromatic nitrogens is 1. The van der Waals surface area contributed by atoms with Gasteiger partial charge in [-0.15, -0.1) is 0 Å². The number of hydrogen-bond acceptors (Lipinski definition) is 2. The van der Waals surface area contributed by atoms with E-state index in [2.05, 4.69) is 15.0 Å². The van der Waals surface area contributed by atoms with Gasteiger partial charge in [-0.05, 0) is 16.7 Å². The van der Waals surface area contributed by atoms with Gasteiger partial charge >= 0.3 is 0 Å². The van der Waals surface area contributed by atoms with Crippen LogP contribution in [0.15, 0.2) is 23.6 Å². The molecular weight excluding hydrogens is 163 g/mol. The van der Waals surface area contributed by atoms with Crippen molar-refractivity contribution in [1.82, 2.24) is 4.98 Å². The third-order valence-corrected chi connectivity index (χ3v) is 1.09. The fraction of sp³-hybridized carbons (Fsp3) is 0. The predicted molar refractivity (Wildman–Crippen MR) is 37.7 cm³/mol. The Balaban J connectivity index is 3.03. The van der Waals surface area contributed by atoms with Gasteiger partial charge in [-0.2, -0.15) is 0 Å². The van der Waals surface area contributed by atoms with E-state index >= 15 is 0 Å². The molecule has 1 aromatic rings. The highest BCUT2D eigenvalue weighted by Gasteiger charge is 2.03. The van der Waals surface area contributed by atoms with Gasteiger partial charge in [0.1, 0.15) is 5.82 Å². The molecule has 0 aliphatic heterocycles. The van der Waals surface area contributed by atoms with Crippen LogP contribution in [0.25, 0.3) is 10.4 Å². The topological polar surface area (TPSA) is 78.7 Å². The van der Waals surface area contributed by atoms with E-state index in [1.165, 1.54) is 0 Å². The lowest BCUT2D eigenvalue weighted by molar-refractivity contribution is 0.0999. The van der Waals surface area contributed by atoms with Crippen molar-refractivity contribution in [3.8, 4) is 0 Å². The minimum absolute atomic E-state index is 0.0622. The second kappa shape index (κ2) is 3.45. The number of halogens is 1. The molecule has 0 N–H and O–H groups in total. The average Bonchev–Trinajstić information content (AvgIpc) is 2.05. The highest BCUT2D eigenvalue weighted by Crippen LogP contribution is 2.02. The molecule has 0 saturated carbocycles. The van der Waals surface area contributed by atoms with Crippen LogP contribution in [0.1, 0.15) is 10.4 Å². The van der Waals surface area contributed by atoms with Crippen LogP contribution in [-0.2, 0) is 0 Å². The molecule has 12 heavy (non-hydrogen) atoms. The van der Waals surface area contributed by atoms with E-state index < -0.39 is 11.7 Å². The van der Waals surface area contributed by atoms with E-state index in [1.54, 1.807) is 0 Å². The number of hydrogen-bond donors (Lipinski definition) is 0. The summed E-state index contributed by atoms with van der Waals surface area (Å²) in [6, 6.07) is 0.948. The Bertz CT molecular complexity index is 358. The maximum absolute atomic E-state index is 12.4. The Kier molecular flexibility index (Phi) is 2.35. The van der Waals surface area contributed by atoms with Gasteiger partial charge in [0.25, 0.3) is 5.91 Å². The summed E-state index contributed by atoms with van der Waals surface area (Å²) in [6.45, 7) is 0. The lowest BCUT2D eigenvalue weighted by Gasteiger charge is -1.91. The van der Waals surface area contributed by atoms with Gasteiger partial charge < -0.3 is 0 Å². The third kappa shape index (κ3) is 1.77. The molecule has 1 aromatic heterocycles. The third-order valence-electron chi connectivity index (χ3n) is 1.09. The maximum Gasteiger partial charge on any atom is 0.250 e. The molecule has 6 heteroatoms. The van der Waals surface area contributed by atoms with Crippen LogP contribution >= 0.6 is 0 Å². The fourth-order valence-corrected chi connectivity index (χ4v) is 0.627. The molecule has 0 saturated heterocycles. The molecule has 5 nitrogen and oxygen atoms in total. The van der Waals surface area contributed by atoms with Crippen LogP contribution < -0.4 is 0 Å². The van der Waals surface area contributed by atoms with Gasteiger partial charge in [-0.1, -0.05) is 0 Å². The first-order valence-corrected chi connectivity index (χ1v) is 2.94. The quantitative estimate of drug-likeness (QED) is 0.361. The Morgan fingerprint density at radius 2 is 2.42 bits per heavy atom. The first kappa shape index (κ1) is 8.16. The van der Waals surface area contributed by atoms with Crippen molar-refractivity contribution in [3.63, 3.8) is 0 Å². The zero-order valence-electron chi connectivity index (χ0n) is 5.81. The number of azide groups is 1. The van der Waals surface area contributed by atoms with Crippen molar-refractivity contribution in [2.45, 2.75) is 0 Å². The summed E-state index contributed by atoms with van der Waals surface area (Å²) in [5, 5.41) is 2.77. The zero-order valence-corrected chi connectivity index (χ0v) is 5.81. The molecule has 60 valence electrons. The van der Waals surface area contributed by atoms with E-state index in [0.29, 0.717) is 0 Å². The Morgan fingerprint density at radius 3 is 3.00 bits per heavy atom. The molecule has 0 aliphatic carbocycles. The highest BCUT2D eigenvalue weighted by atomic mass is 19.1. The molecule has 0 fully saturated rings. The second-order valence-electron chi connectivity index (χ2n) is 1.89. The number of rotatable bonds is 1. The lowest BCUT2D eigenvalue weighted by atomic mass is 10.3. The van der Waals surface area contributed by atoms with E-state index in [1.807, 2.05) is 0 Å². The van der Waals surface area contributed by atoms with Crippen molar-refractivity contribution in [3.05, 3.63) is 40.3 Å². The summed E-state index contributed by atoms with van der Waals surface area (Å²) in [5.41, 5.74) is 7.83. The summed E-state index contributed by atoms with van der Waals surface area (Å²) < 4.78 is 12.4. The average molecular weight is 166 g/mol.